The highest BCUT2D eigenvalue weighted by Crippen LogP contribution is 2.18. The monoisotopic (exact) mass is 277 g/mol. The highest BCUT2D eigenvalue weighted by molar-refractivity contribution is 9.10. The molecule has 0 spiro atoms. The normalized spacial score (nSPS) is 20.7. The Morgan fingerprint density at radius 3 is 2.86 bits per heavy atom. The predicted molar refractivity (Wildman–Crippen MR) is 64.0 cm³/mol. The van der Waals surface area contributed by atoms with E-state index in [4.69, 9.17) is 5.73 Å². The van der Waals surface area contributed by atoms with Crippen molar-refractivity contribution in [2.75, 3.05) is 18.0 Å². The number of nitrogens with two attached hydrogens (primary N) is 1. The van der Waals surface area contributed by atoms with E-state index in [0.717, 1.165) is 29.9 Å². The first kappa shape index (κ1) is 11.8. The standard InChI is InChI=1S/C9H12BrN3.ClH/c10-8-2-1-3-9(12-8)13-5-4-7(11)6-13;/h1-3,7H,4-6,11H2;1H. The van der Waals surface area contributed by atoms with Gasteiger partial charge in [-0.15, -0.1) is 12.4 Å². The van der Waals surface area contributed by atoms with Crippen molar-refractivity contribution in [2.24, 2.45) is 5.73 Å². The van der Waals surface area contributed by atoms with Crippen LogP contribution in [0.2, 0.25) is 0 Å². The molecule has 0 saturated carbocycles. The Morgan fingerprint density at radius 2 is 2.29 bits per heavy atom. The van der Waals surface area contributed by atoms with Crippen molar-refractivity contribution in [1.82, 2.24) is 4.98 Å². The molecular weight excluding hydrogens is 265 g/mol. The second kappa shape index (κ2) is 4.96. The molecule has 0 radical (unpaired) electrons. The molecule has 0 bridgehead atoms. The van der Waals surface area contributed by atoms with Crippen LogP contribution in [0, 0.1) is 0 Å². The number of hydrogen-bond acceptors (Lipinski definition) is 3. The number of hydrogen-bond donors (Lipinski definition) is 1. The molecular formula is C9H13BrClN3. The molecule has 2 rings (SSSR count). The third-order valence-corrected chi connectivity index (χ3v) is 2.69. The van der Waals surface area contributed by atoms with Gasteiger partial charge in [-0.2, -0.15) is 0 Å². The van der Waals surface area contributed by atoms with E-state index >= 15 is 0 Å². The van der Waals surface area contributed by atoms with Crippen LogP contribution in [0.3, 0.4) is 0 Å². The van der Waals surface area contributed by atoms with Crippen molar-refractivity contribution in [3.8, 4) is 0 Å². The van der Waals surface area contributed by atoms with Crippen LogP contribution >= 0.6 is 28.3 Å². The van der Waals surface area contributed by atoms with E-state index in [0.29, 0.717) is 6.04 Å². The van der Waals surface area contributed by atoms with Crippen LogP contribution in [0.25, 0.3) is 0 Å². The third-order valence-electron chi connectivity index (χ3n) is 2.25. The number of nitrogens with zero attached hydrogens (tertiary/aromatic N) is 2. The maximum absolute atomic E-state index is 5.82. The average Bonchev–Trinajstić information content (AvgIpc) is 2.52. The Bertz CT molecular complexity index is 308. The van der Waals surface area contributed by atoms with Crippen molar-refractivity contribution in [3.63, 3.8) is 0 Å². The lowest BCUT2D eigenvalue weighted by Crippen LogP contribution is -2.26. The SMILES string of the molecule is Cl.NC1CCN(c2cccc(Br)n2)C1. The largest absolute Gasteiger partial charge is 0.355 e. The summed E-state index contributed by atoms with van der Waals surface area (Å²) in [4.78, 5) is 6.59. The molecule has 1 aromatic rings. The molecule has 1 atom stereocenters. The molecule has 1 saturated heterocycles. The molecule has 0 aliphatic carbocycles. The highest BCUT2D eigenvalue weighted by Gasteiger charge is 2.19. The lowest BCUT2D eigenvalue weighted by atomic mass is 10.3. The van der Waals surface area contributed by atoms with Crippen LogP contribution < -0.4 is 10.6 Å². The Hall–Kier alpha value is -0.320. The highest BCUT2D eigenvalue weighted by atomic mass is 79.9. The molecule has 1 aliphatic rings. The summed E-state index contributed by atoms with van der Waals surface area (Å²) in [5.74, 6) is 1.02. The van der Waals surface area contributed by atoms with Gasteiger partial charge in [-0.05, 0) is 34.5 Å². The summed E-state index contributed by atoms with van der Waals surface area (Å²) in [5, 5.41) is 0. The lowest BCUT2D eigenvalue weighted by Gasteiger charge is -2.16. The molecule has 3 nitrogen and oxygen atoms in total. The van der Waals surface area contributed by atoms with Crippen molar-refractivity contribution in [3.05, 3.63) is 22.8 Å². The van der Waals surface area contributed by atoms with Crippen molar-refractivity contribution in [2.45, 2.75) is 12.5 Å². The van der Waals surface area contributed by atoms with Crippen molar-refractivity contribution >= 4 is 34.2 Å². The zero-order valence-electron chi connectivity index (χ0n) is 7.69. The first-order chi connectivity index (χ1) is 6.25. The van der Waals surface area contributed by atoms with Gasteiger partial charge in [0.2, 0.25) is 0 Å². The van der Waals surface area contributed by atoms with Crippen LogP contribution in [0.4, 0.5) is 5.82 Å². The molecule has 1 fully saturated rings. The Kier molecular flexibility index (Phi) is 4.16. The molecule has 1 aliphatic heterocycles. The van der Waals surface area contributed by atoms with Gasteiger partial charge >= 0.3 is 0 Å². The van der Waals surface area contributed by atoms with E-state index in [1.54, 1.807) is 0 Å². The Balaban J connectivity index is 0.000000980. The van der Waals surface area contributed by atoms with Crippen LogP contribution in [-0.2, 0) is 0 Å². The van der Waals surface area contributed by atoms with Crippen molar-refractivity contribution in [1.29, 1.82) is 0 Å². The fraction of sp³-hybridized carbons (Fsp3) is 0.444. The molecule has 14 heavy (non-hydrogen) atoms. The summed E-state index contributed by atoms with van der Waals surface area (Å²) >= 11 is 3.36. The van der Waals surface area contributed by atoms with E-state index in [1.807, 2.05) is 18.2 Å². The quantitative estimate of drug-likeness (QED) is 0.797. The number of halogens is 2. The summed E-state index contributed by atoms with van der Waals surface area (Å²) in [6.45, 7) is 1.94. The van der Waals surface area contributed by atoms with Gasteiger partial charge in [0, 0.05) is 19.1 Å². The van der Waals surface area contributed by atoms with E-state index in [-0.39, 0.29) is 12.4 Å². The minimum atomic E-state index is 0. The van der Waals surface area contributed by atoms with Gasteiger partial charge in [0.15, 0.2) is 0 Å². The molecule has 0 amide bonds. The molecule has 2 heterocycles. The molecule has 78 valence electrons. The number of rotatable bonds is 1. The maximum atomic E-state index is 5.82. The minimum Gasteiger partial charge on any atom is -0.355 e. The van der Waals surface area contributed by atoms with Gasteiger partial charge < -0.3 is 10.6 Å². The lowest BCUT2D eigenvalue weighted by molar-refractivity contribution is 0.751. The molecule has 2 N–H and O–H groups in total. The predicted octanol–water partition coefficient (Wildman–Crippen LogP) is 1.80. The Morgan fingerprint density at radius 1 is 1.50 bits per heavy atom. The second-order valence-corrected chi connectivity index (χ2v) is 4.13. The number of aromatic nitrogens is 1. The Labute approximate surface area is 98.2 Å². The number of anilines is 1. The van der Waals surface area contributed by atoms with E-state index < -0.39 is 0 Å². The molecule has 0 aromatic carbocycles. The summed E-state index contributed by atoms with van der Waals surface area (Å²) in [6, 6.07) is 6.25. The van der Waals surface area contributed by atoms with Crippen LogP contribution in [0.5, 0.6) is 0 Å². The summed E-state index contributed by atoms with van der Waals surface area (Å²) in [5.41, 5.74) is 5.82. The third kappa shape index (κ3) is 2.59. The average molecular weight is 279 g/mol. The maximum Gasteiger partial charge on any atom is 0.129 e. The van der Waals surface area contributed by atoms with Crippen LogP contribution in [0.15, 0.2) is 22.8 Å². The van der Waals surface area contributed by atoms with E-state index in [2.05, 4.69) is 25.8 Å². The van der Waals surface area contributed by atoms with Gasteiger partial charge in [-0.1, -0.05) is 6.07 Å². The molecule has 1 unspecified atom stereocenters. The summed E-state index contributed by atoms with van der Waals surface area (Å²) in [7, 11) is 0. The number of pyridine rings is 1. The fourth-order valence-electron chi connectivity index (χ4n) is 1.57. The van der Waals surface area contributed by atoms with Gasteiger partial charge in [-0.3, -0.25) is 0 Å². The van der Waals surface area contributed by atoms with Crippen LogP contribution in [-0.4, -0.2) is 24.1 Å². The fourth-order valence-corrected chi connectivity index (χ4v) is 1.90. The van der Waals surface area contributed by atoms with Gasteiger partial charge in [0.05, 0.1) is 0 Å². The minimum absolute atomic E-state index is 0. The zero-order chi connectivity index (χ0) is 9.26. The first-order valence-electron chi connectivity index (χ1n) is 4.39. The van der Waals surface area contributed by atoms with Gasteiger partial charge in [0.25, 0.3) is 0 Å². The summed E-state index contributed by atoms with van der Waals surface area (Å²) < 4.78 is 0.880. The summed E-state index contributed by atoms with van der Waals surface area (Å²) in [6.07, 6.45) is 1.06. The first-order valence-corrected chi connectivity index (χ1v) is 5.18. The van der Waals surface area contributed by atoms with Crippen LogP contribution in [0.1, 0.15) is 6.42 Å². The second-order valence-electron chi connectivity index (χ2n) is 3.31. The van der Waals surface area contributed by atoms with E-state index in [9.17, 15) is 0 Å². The van der Waals surface area contributed by atoms with E-state index in [1.165, 1.54) is 0 Å². The zero-order valence-corrected chi connectivity index (χ0v) is 10.1. The molecule has 1 aromatic heterocycles. The smallest absolute Gasteiger partial charge is 0.129 e. The topological polar surface area (TPSA) is 42.1 Å². The van der Waals surface area contributed by atoms with Gasteiger partial charge in [-0.25, -0.2) is 4.98 Å². The van der Waals surface area contributed by atoms with Gasteiger partial charge in [0.1, 0.15) is 10.4 Å². The molecule has 5 heteroatoms. The van der Waals surface area contributed by atoms with Crippen molar-refractivity contribution < 1.29 is 0 Å².